The molecular weight excluding hydrogens is 212 g/mol. The van der Waals surface area contributed by atoms with Gasteiger partial charge in [-0.05, 0) is 13.8 Å². The Morgan fingerprint density at radius 1 is 1.67 bits per heavy atom. The van der Waals surface area contributed by atoms with Crippen molar-refractivity contribution in [2.45, 2.75) is 26.0 Å². The smallest absolute Gasteiger partial charge is 0.110 e. The number of hydrogen-bond donors (Lipinski definition) is 2. The fourth-order valence-corrected chi connectivity index (χ4v) is 2.05. The molecule has 0 bridgehead atoms. The second kappa shape index (κ2) is 6.17. The maximum Gasteiger partial charge on any atom is 0.110 e. The monoisotopic (exact) mass is 230 g/mol. The van der Waals surface area contributed by atoms with Gasteiger partial charge in [-0.2, -0.15) is 0 Å². The van der Waals surface area contributed by atoms with E-state index in [-0.39, 0.29) is 6.04 Å². The van der Waals surface area contributed by atoms with Crippen molar-refractivity contribution in [3.63, 3.8) is 0 Å². The molecule has 15 heavy (non-hydrogen) atoms. The van der Waals surface area contributed by atoms with Crippen LogP contribution in [0.3, 0.4) is 0 Å². The summed E-state index contributed by atoms with van der Waals surface area (Å²) in [6.45, 7) is 4.90. The van der Waals surface area contributed by atoms with Crippen molar-refractivity contribution in [3.8, 4) is 0 Å². The number of nitrogens with zero attached hydrogens (tertiary/aromatic N) is 1. The van der Waals surface area contributed by atoms with Gasteiger partial charge in [0.2, 0.25) is 0 Å². The lowest BCUT2D eigenvalue weighted by molar-refractivity contribution is 0.0630. The highest BCUT2D eigenvalue weighted by atomic mass is 32.1. The van der Waals surface area contributed by atoms with Crippen LogP contribution >= 0.6 is 11.3 Å². The van der Waals surface area contributed by atoms with Crippen molar-refractivity contribution in [3.05, 3.63) is 16.1 Å². The van der Waals surface area contributed by atoms with Crippen LogP contribution in [0.25, 0.3) is 0 Å². The molecule has 5 heteroatoms. The minimum Gasteiger partial charge on any atom is -0.389 e. The van der Waals surface area contributed by atoms with Crippen molar-refractivity contribution < 1.29 is 9.84 Å². The molecular formula is C10H18N2O2S. The van der Waals surface area contributed by atoms with Gasteiger partial charge >= 0.3 is 0 Å². The van der Waals surface area contributed by atoms with E-state index in [1.807, 2.05) is 19.2 Å². The third kappa shape index (κ3) is 4.25. The molecule has 0 aliphatic heterocycles. The Kier molecular flexibility index (Phi) is 5.17. The van der Waals surface area contributed by atoms with Gasteiger partial charge in [-0.15, -0.1) is 11.3 Å². The second-order valence-corrected chi connectivity index (χ2v) is 4.46. The molecule has 0 amide bonds. The van der Waals surface area contributed by atoms with Crippen LogP contribution in [0.15, 0.2) is 5.38 Å². The highest BCUT2D eigenvalue weighted by Crippen LogP contribution is 2.16. The lowest BCUT2D eigenvalue weighted by Crippen LogP contribution is -2.31. The van der Waals surface area contributed by atoms with Gasteiger partial charge in [-0.3, -0.25) is 0 Å². The zero-order chi connectivity index (χ0) is 11.3. The van der Waals surface area contributed by atoms with Crippen molar-refractivity contribution in [1.29, 1.82) is 0 Å². The molecule has 86 valence electrons. The number of methoxy groups -OCH3 is 1. The van der Waals surface area contributed by atoms with Crippen LogP contribution in [0.1, 0.15) is 23.7 Å². The van der Waals surface area contributed by atoms with Gasteiger partial charge in [0.05, 0.1) is 18.8 Å². The minimum absolute atomic E-state index is 0.176. The quantitative estimate of drug-likeness (QED) is 0.768. The third-order valence-corrected chi connectivity index (χ3v) is 3.17. The Morgan fingerprint density at radius 3 is 2.93 bits per heavy atom. The summed E-state index contributed by atoms with van der Waals surface area (Å²) in [6.07, 6.45) is -0.460. The summed E-state index contributed by atoms with van der Waals surface area (Å²) in [4.78, 5) is 4.38. The van der Waals surface area contributed by atoms with Crippen LogP contribution in [-0.4, -0.2) is 36.5 Å². The first-order chi connectivity index (χ1) is 7.13. The normalized spacial score (nSPS) is 15.2. The third-order valence-electron chi connectivity index (χ3n) is 2.03. The van der Waals surface area contributed by atoms with Crippen molar-refractivity contribution in [1.82, 2.24) is 10.3 Å². The van der Waals surface area contributed by atoms with E-state index in [1.165, 1.54) is 0 Å². The average Bonchev–Trinajstić information content (AvgIpc) is 2.62. The Morgan fingerprint density at radius 2 is 2.40 bits per heavy atom. The zero-order valence-corrected chi connectivity index (χ0v) is 10.2. The Bertz CT molecular complexity index is 291. The number of hydrogen-bond acceptors (Lipinski definition) is 5. The standard InChI is InChI=1S/C10H18N2O2S/c1-7-6-15-10(12-7)8(2)11-4-9(13)5-14-3/h6,8-9,11,13H,4-5H2,1-3H3/t8?,9-/m0/s1. The largest absolute Gasteiger partial charge is 0.389 e. The number of aromatic nitrogens is 1. The van der Waals surface area contributed by atoms with E-state index in [2.05, 4.69) is 10.3 Å². The summed E-state index contributed by atoms with van der Waals surface area (Å²) >= 11 is 1.64. The van der Waals surface area contributed by atoms with Crippen LogP contribution in [0, 0.1) is 6.92 Å². The summed E-state index contributed by atoms with van der Waals surface area (Å²) < 4.78 is 4.84. The number of rotatable bonds is 6. The Labute approximate surface area is 94.3 Å². The van der Waals surface area contributed by atoms with Gasteiger partial charge in [0, 0.05) is 24.7 Å². The lowest BCUT2D eigenvalue weighted by Gasteiger charge is -2.14. The minimum atomic E-state index is -0.460. The fourth-order valence-electron chi connectivity index (χ4n) is 1.22. The van der Waals surface area contributed by atoms with Crippen LogP contribution in [0.4, 0.5) is 0 Å². The summed E-state index contributed by atoms with van der Waals surface area (Å²) in [7, 11) is 1.58. The van der Waals surface area contributed by atoms with Gasteiger partial charge < -0.3 is 15.2 Å². The van der Waals surface area contributed by atoms with E-state index in [9.17, 15) is 5.11 Å². The predicted molar refractivity (Wildman–Crippen MR) is 61.2 cm³/mol. The molecule has 4 nitrogen and oxygen atoms in total. The number of ether oxygens (including phenoxy) is 1. The van der Waals surface area contributed by atoms with Crippen LogP contribution in [-0.2, 0) is 4.74 Å². The molecule has 0 saturated carbocycles. The summed E-state index contributed by atoms with van der Waals surface area (Å²) in [6, 6.07) is 0.176. The van der Waals surface area contributed by atoms with Gasteiger partial charge in [-0.1, -0.05) is 0 Å². The van der Waals surface area contributed by atoms with Gasteiger partial charge in [0.15, 0.2) is 0 Å². The van der Waals surface area contributed by atoms with Crippen molar-refractivity contribution in [2.75, 3.05) is 20.3 Å². The number of aliphatic hydroxyl groups excluding tert-OH is 1. The number of aliphatic hydroxyl groups is 1. The molecule has 0 fully saturated rings. The fraction of sp³-hybridized carbons (Fsp3) is 0.700. The number of nitrogens with one attached hydrogen (secondary N) is 1. The molecule has 1 rings (SSSR count). The number of aryl methyl sites for hydroxylation is 1. The van der Waals surface area contributed by atoms with E-state index >= 15 is 0 Å². The van der Waals surface area contributed by atoms with E-state index in [0.29, 0.717) is 13.2 Å². The Balaban J connectivity index is 2.33. The first-order valence-corrected chi connectivity index (χ1v) is 5.84. The highest BCUT2D eigenvalue weighted by Gasteiger charge is 2.10. The number of thiazole rings is 1. The van der Waals surface area contributed by atoms with Crippen molar-refractivity contribution in [2.24, 2.45) is 0 Å². The molecule has 0 radical (unpaired) electrons. The van der Waals surface area contributed by atoms with Crippen molar-refractivity contribution >= 4 is 11.3 Å². The summed E-state index contributed by atoms with van der Waals surface area (Å²) in [5, 5.41) is 15.7. The summed E-state index contributed by atoms with van der Waals surface area (Å²) in [5.74, 6) is 0. The van der Waals surface area contributed by atoms with E-state index in [0.717, 1.165) is 10.7 Å². The second-order valence-electron chi connectivity index (χ2n) is 3.57. The maximum atomic E-state index is 9.45. The molecule has 0 spiro atoms. The van der Waals surface area contributed by atoms with Gasteiger partial charge in [0.25, 0.3) is 0 Å². The SMILES string of the molecule is COC[C@@H](O)CNC(C)c1nc(C)cs1. The molecule has 1 aromatic rings. The first-order valence-electron chi connectivity index (χ1n) is 4.96. The van der Waals surface area contributed by atoms with E-state index in [1.54, 1.807) is 18.4 Å². The molecule has 1 heterocycles. The molecule has 1 unspecified atom stereocenters. The maximum absolute atomic E-state index is 9.45. The van der Waals surface area contributed by atoms with Crippen LogP contribution in [0.2, 0.25) is 0 Å². The highest BCUT2D eigenvalue weighted by molar-refractivity contribution is 7.09. The molecule has 1 aromatic heterocycles. The topological polar surface area (TPSA) is 54.4 Å². The molecule has 0 saturated heterocycles. The van der Waals surface area contributed by atoms with E-state index < -0.39 is 6.10 Å². The molecule has 0 aromatic carbocycles. The van der Waals surface area contributed by atoms with E-state index in [4.69, 9.17) is 4.74 Å². The van der Waals surface area contributed by atoms with Gasteiger partial charge in [0.1, 0.15) is 5.01 Å². The molecule has 0 aliphatic rings. The Hall–Kier alpha value is -0.490. The molecule has 2 N–H and O–H groups in total. The molecule has 2 atom stereocenters. The van der Waals surface area contributed by atoms with Crippen LogP contribution in [0.5, 0.6) is 0 Å². The van der Waals surface area contributed by atoms with Crippen LogP contribution < -0.4 is 5.32 Å². The first kappa shape index (κ1) is 12.6. The average molecular weight is 230 g/mol. The summed E-state index contributed by atoms with van der Waals surface area (Å²) in [5.41, 5.74) is 1.04. The predicted octanol–water partition coefficient (Wildman–Crippen LogP) is 1.11. The molecule has 0 aliphatic carbocycles. The lowest BCUT2D eigenvalue weighted by atomic mass is 10.3. The zero-order valence-electron chi connectivity index (χ0n) is 9.36. The van der Waals surface area contributed by atoms with Gasteiger partial charge in [-0.25, -0.2) is 4.98 Å².